The van der Waals surface area contributed by atoms with E-state index in [1.807, 2.05) is 0 Å². The lowest BCUT2D eigenvalue weighted by molar-refractivity contribution is -0.139. The van der Waals surface area contributed by atoms with E-state index >= 15 is 0 Å². The van der Waals surface area contributed by atoms with Crippen LogP contribution in [0.1, 0.15) is 29.5 Å². The summed E-state index contributed by atoms with van der Waals surface area (Å²) in [4.78, 5) is 49.4. The molecule has 0 bridgehead atoms. The van der Waals surface area contributed by atoms with E-state index in [1.165, 1.54) is 30.3 Å². The Hall–Kier alpha value is -5.08. The number of hydrogen-bond acceptors (Lipinski definition) is 8. The number of hydrogen-bond donors (Lipinski definition) is 5. The van der Waals surface area contributed by atoms with E-state index in [4.69, 9.17) is 15.9 Å². The van der Waals surface area contributed by atoms with Gasteiger partial charge in [-0.05, 0) is 48.2 Å². The lowest BCUT2D eigenvalue weighted by Gasteiger charge is -2.18. The number of carboxylic acid groups (broad SMARTS) is 1. The monoisotopic (exact) mass is 609 g/mol. The Bertz CT molecular complexity index is 1590. The highest BCUT2D eigenvalue weighted by Crippen LogP contribution is 2.17. The van der Waals surface area contributed by atoms with E-state index in [2.05, 4.69) is 10.0 Å². The number of nitrogens with one attached hydrogen (secondary N) is 3. The summed E-state index contributed by atoms with van der Waals surface area (Å²) in [5.74, 6) is -3.68. The van der Waals surface area contributed by atoms with Gasteiger partial charge in [0.05, 0.1) is 4.90 Å². The molecule has 0 unspecified atom stereocenters. The number of aliphatic carboxylic acids is 1. The second kappa shape index (κ2) is 14.7. The average Bonchev–Trinajstić information content (AvgIpc) is 2.96. The first-order chi connectivity index (χ1) is 20.4. The van der Waals surface area contributed by atoms with E-state index in [9.17, 15) is 32.7 Å². The largest absolute Gasteiger partial charge is 0.480 e. The van der Waals surface area contributed by atoms with Gasteiger partial charge >= 0.3 is 12.1 Å². The maximum Gasteiger partial charge on any atom is 0.423 e. The number of carboxylic acids is 1. The summed E-state index contributed by atoms with van der Waals surface area (Å²) in [6.45, 7) is 1.47. The first-order valence-electron chi connectivity index (χ1n) is 12.9. The lowest BCUT2D eigenvalue weighted by atomic mass is 10.1. The summed E-state index contributed by atoms with van der Waals surface area (Å²) in [7, 11) is -4.09. The van der Waals surface area contributed by atoms with Gasteiger partial charge in [-0.2, -0.15) is 9.62 Å². The van der Waals surface area contributed by atoms with Crippen LogP contribution in [0.2, 0.25) is 0 Å². The van der Waals surface area contributed by atoms with Gasteiger partial charge in [0.25, 0.3) is 0 Å². The van der Waals surface area contributed by atoms with Crippen LogP contribution in [0.25, 0.3) is 0 Å². The molecule has 3 aromatic carbocycles. The molecule has 0 aliphatic carbocycles. The molecule has 0 heterocycles. The smallest absolute Gasteiger partial charge is 0.423 e. The van der Waals surface area contributed by atoms with Crippen molar-refractivity contribution >= 4 is 45.5 Å². The van der Waals surface area contributed by atoms with Crippen molar-refractivity contribution in [1.29, 1.82) is 5.41 Å². The Balaban J connectivity index is 1.53. The first-order valence-corrected chi connectivity index (χ1v) is 14.4. The van der Waals surface area contributed by atoms with Gasteiger partial charge in [-0.15, -0.1) is 0 Å². The van der Waals surface area contributed by atoms with Crippen LogP contribution >= 0.6 is 0 Å². The van der Waals surface area contributed by atoms with Crippen LogP contribution in [0.3, 0.4) is 0 Å². The van der Waals surface area contributed by atoms with E-state index in [0.29, 0.717) is 27.3 Å². The number of aryl methyl sites for hydroxylation is 1. The predicted octanol–water partition coefficient (Wildman–Crippen LogP) is 2.75. The third kappa shape index (κ3) is 9.48. The number of benzene rings is 3. The number of ether oxygens (including phenoxy) is 1. The second-order valence-corrected chi connectivity index (χ2v) is 11.1. The molecule has 0 aliphatic rings. The van der Waals surface area contributed by atoms with Crippen LogP contribution < -0.4 is 15.8 Å². The van der Waals surface area contributed by atoms with Gasteiger partial charge in [0, 0.05) is 18.5 Å². The van der Waals surface area contributed by atoms with Crippen molar-refractivity contribution < 1.29 is 37.4 Å². The number of imide groups is 1. The molecule has 226 valence electrons. The van der Waals surface area contributed by atoms with Gasteiger partial charge in [-0.1, -0.05) is 60.7 Å². The number of sulfonamides is 1. The van der Waals surface area contributed by atoms with Crippen LogP contribution in [0, 0.1) is 12.3 Å². The molecule has 1 atom stereocenters. The topological polar surface area (TPSA) is 209 Å². The average molecular weight is 610 g/mol. The van der Waals surface area contributed by atoms with Crippen molar-refractivity contribution in [2.75, 3.05) is 5.32 Å². The van der Waals surface area contributed by atoms with Crippen LogP contribution in [0.5, 0.6) is 0 Å². The van der Waals surface area contributed by atoms with E-state index < -0.39 is 52.3 Å². The highest BCUT2D eigenvalue weighted by Gasteiger charge is 2.28. The van der Waals surface area contributed by atoms with Crippen molar-refractivity contribution in [1.82, 2.24) is 9.62 Å². The zero-order valence-corrected chi connectivity index (χ0v) is 24.0. The SMILES string of the molecule is Cc1ccccc1S(=O)(=O)N[C@@H](Cc1ccc(NC(=O)CCC(=O)N(C(=N)N)C(=O)OCc2ccccc2)cc1)C(=O)O. The number of nitrogens with zero attached hydrogens (tertiary/aromatic N) is 1. The molecular weight excluding hydrogens is 578 g/mol. The summed E-state index contributed by atoms with van der Waals surface area (Å²) >= 11 is 0. The summed E-state index contributed by atoms with van der Waals surface area (Å²) in [6.07, 6.45) is -2.08. The summed E-state index contributed by atoms with van der Waals surface area (Å²) in [5.41, 5.74) is 7.34. The maximum atomic E-state index is 12.8. The molecule has 0 radical (unpaired) electrons. The highest BCUT2D eigenvalue weighted by molar-refractivity contribution is 7.89. The summed E-state index contributed by atoms with van der Waals surface area (Å²) in [5, 5.41) is 19.8. The number of guanidine groups is 1. The minimum Gasteiger partial charge on any atom is -0.480 e. The van der Waals surface area contributed by atoms with E-state index in [1.54, 1.807) is 55.5 Å². The third-order valence-electron chi connectivity index (χ3n) is 6.10. The van der Waals surface area contributed by atoms with Gasteiger partial charge < -0.3 is 20.9 Å². The Morgan fingerprint density at radius 1 is 0.930 bits per heavy atom. The summed E-state index contributed by atoms with van der Waals surface area (Å²) < 4.78 is 32.8. The van der Waals surface area contributed by atoms with Gasteiger partial charge in [0.15, 0.2) is 0 Å². The van der Waals surface area contributed by atoms with Gasteiger partial charge in [-0.25, -0.2) is 13.2 Å². The van der Waals surface area contributed by atoms with Crippen LogP contribution in [-0.2, 0) is 42.2 Å². The molecule has 13 nitrogen and oxygen atoms in total. The summed E-state index contributed by atoms with van der Waals surface area (Å²) in [6, 6.07) is 19.5. The van der Waals surface area contributed by atoms with Crippen LogP contribution in [0.4, 0.5) is 10.5 Å². The number of carbonyl (C=O) groups excluding carboxylic acids is 3. The molecule has 6 N–H and O–H groups in total. The predicted molar refractivity (Wildman–Crippen MR) is 156 cm³/mol. The molecule has 3 rings (SSSR count). The van der Waals surface area contributed by atoms with Crippen LogP contribution in [-0.4, -0.2) is 54.3 Å². The molecule has 0 saturated carbocycles. The number of carbonyl (C=O) groups is 4. The normalized spacial score (nSPS) is 11.7. The number of anilines is 1. The highest BCUT2D eigenvalue weighted by atomic mass is 32.2. The first kappa shape index (κ1) is 32.4. The van der Waals surface area contributed by atoms with Gasteiger partial charge in [-0.3, -0.25) is 19.8 Å². The van der Waals surface area contributed by atoms with Crippen molar-refractivity contribution in [3.05, 3.63) is 95.6 Å². The number of rotatable bonds is 12. The standard InChI is InChI=1S/C29H31N5O8S/c1-19-7-5-6-10-24(19)43(40,41)33-23(27(37)38)17-20-11-13-22(14-12-20)32-25(35)15-16-26(36)34(28(30)31)29(39)42-18-21-8-3-2-4-9-21/h2-14,23,33H,15-18H2,1H3,(H3,30,31)(H,32,35)(H,37,38)/t23-/m0/s1. The van der Waals surface area contributed by atoms with Crippen molar-refractivity contribution in [2.45, 2.75) is 43.7 Å². The third-order valence-corrected chi connectivity index (χ3v) is 7.73. The zero-order valence-electron chi connectivity index (χ0n) is 23.1. The molecule has 3 amide bonds. The van der Waals surface area contributed by atoms with Crippen molar-refractivity contribution in [2.24, 2.45) is 5.73 Å². The Morgan fingerprint density at radius 3 is 2.16 bits per heavy atom. The molecule has 0 spiro atoms. The molecule has 3 aromatic rings. The van der Waals surface area contributed by atoms with E-state index in [0.717, 1.165) is 0 Å². The fourth-order valence-corrected chi connectivity index (χ4v) is 5.36. The molecule has 0 fully saturated rings. The maximum absolute atomic E-state index is 12.8. The van der Waals surface area contributed by atoms with Gasteiger partial charge in [0.2, 0.25) is 27.8 Å². The molecule has 0 saturated heterocycles. The Morgan fingerprint density at radius 2 is 1.56 bits per heavy atom. The molecule has 0 aliphatic heterocycles. The fraction of sp³-hybridized carbons (Fsp3) is 0.207. The quantitative estimate of drug-likeness (QED) is 0.151. The van der Waals surface area contributed by atoms with Crippen molar-refractivity contribution in [3.8, 4) is 0 Å². The molecule has 43 heavy (non-hydrogen) atoms. The molecule has 0 aromatic heterocycles. The molecular formula is C29H31N5O8S. The van der Waals surface area contributed by atoms with Crippen molar-refractivity contribution in [3.63, 3.8) is 0 Å². The zero-order chi connectivity index (χ0) is 31.6. The number of amides is 3. The Kier molecular flexibility index (Phi) is 11.1. The van der Waals surface area contributed by atoms with Crippen LogP contribution in [0.15, 0.2) is 83.8 Å². The fourth-order valence-electron chi connectivity index (χ4n) is 3.92. The minimum absolute atomic E-state index is 0.0201. The van der Waals surface area contributed by atoms with E-state index in [-0.39, 0.29) is 24.3 Å². The number of nitrogens with two attached hydrogens (primary N) is 1. The minimum atomic E-state index is -4.09. The molecule has 14 heteroatoms. The Labute approximate surface area is 248 Å². The lowest BCUT2D eigenvalue weighted by Crippen LogP contribution is -2.45. The second-order valence-electron chi connectivity index (χ2n) is 9.38. The van der Waals surface area contributed by atoms with Gasteiger partial charge in [0.1, 0.15) is 12.6 Å².